The van der Waals surface area contributed by atoms with Crippen LogP contribution in [-0.2, 0) is 0 Å². The van der Waals surface area contributed by atoms with Crippen molar-refractivity contribution in [3.05, 3.63) is 69.4 Å². The highest BCUT2D eigenvalue weighted by molar-refractivity contribution is 6.35. The summed E-state index contributed by atoms with van der Waals surface area (Å²) in [6.07, 6.45) is 0. The number of hydrogen-bond acceptors (Lipinski definition) is 5. The largest absolute Gasteiger partial charge is 0.438 e. The van der Waals surface area contributed by atoms with Crippen LogP contribution in [0.1, 0.15) is 5.69 Å². The molecule has 0 amide bonds. The van der Waals surface area contributed by atoms with E-state index < -0.39 is 4.92 Å². The van der Waals surface area contributed by atoms with Gasteiger partial charge in [-0.2, -0.15) is 10.2 Å². The van der Waals surface area contributed by atoms with E-state index in [1.165, 1.54) is 12.1 Å². The molecule has 0 atom stereocenters. The first-order chi connectivity index (χ1) is 11.1. The van der Waals surface area contributed by atoms with Crippen LogP contribution < -0.4 is 4.74 Å². The third-order valence-corrected chi connectivity index (χ3v) is 3.53. The number of ether oxygens (including phenoxy) is 1. The summed E-state index contributed by atoms with van der Waals surface area (Å²) in [4.78, 5) is 14.0. The maximum Gasteiger partial charge on any atom is 0.305 e. The SMILES string of the molecule is N#Cc1nc(Oc2ccc(Cl)c3ccccc23)ccc1[N+](=O)[O-]. The molecule has 0 unspecified atom stereocenters. The minimum absolute atomic E-state index is 0.0969. The molecule has 3 aromatic rings. The Balaban J connectivity index is 2.05. The fraction of sp³-hybridized carbons (Fsp3) is 0. The second-order valence-corrected chi connectivity index (χ2v) is 4.99. The fourth-order valence-electron chi connectivity index (χ4n) is 2.16. The first-order valence-corrected chi connectivity index (χ1v) is 6.88. The lowest BCUT2D eigenvalue weighted by atomic mass is 10.1. The molecule has 1 aromatic heterocycles. The Kier molecular flexibility index (Phi) is 3.79. The van der Waals surface area contributed by atoms with Crippen LogP contribution in [0.4, 0.5) is 5.69 Å². The first kappa shape index (κ1) is 14.8. The van der Waals surface area contributed by atoms with Crippen LogP contribution in [0.3, 0.4) is 0 Å². The van der Waals surface area contributed by atoms with Crippen molar-refractivity contribution in [1.82, 2.24) is 4.98 Å². The third-order valence-electron chi connectivity index (χ3n) is 3.20. The van der Waals surface area contributed by atoms with E-state index >= 15 is 0 Å². The number of pyridine rings is 1. The van der Waals surface area contributed by atoms with Crippen molar-refractivity contribution >= 4 is 28.1 Å². The van der Waals surface area contributed by atoms with E-state index in [-0.39, 0.29) is 17.3 Å². The Hall–Kier alpha value is -3.17. The number of fused-ring (bicyclic) bond motifs is 1. The van der Waals surface area contributed by atoms with Gasteiger partial charge in [0.15, 0.2) is 0 Å². The molecule has 23 heavy (non-hydrogen) atoms. The molecule has 0 spiro atoms. The van der Waals surface area contributed by atoms with Crippen molar-refractivity contribution in [3.8, 4) is 17.7 Å². The molecule has 2 aromatic carbocycles. The summed E-state index contributed by atoms with van der Waals surface area (Å²) in [6, 6.07) is 15.0. The van der Waals surface area contributed by atoms with Gasteiger partial charge in [-0.3, -0.25) is 10.1 Å². The van der Waals surface area contributed by atoms with Gasteiger partial charge in [0.25, 0.3) is 0 Å². The molecule has 0 fully saturated rings. The summed E-state index contributed by atoms with van der Waals surface area (Å²) >= 11 is 6.15. The van der Waals surface area contributed by atoms with Gasteiger partial charge in [0, 0.05) is 27.9 Å². The molecule has 1 heterocycles. The van der Waals surface area contributed by atoms with Crippen molar-refractivity contribution in [1.29, 1.82) is 5.26 Å². The summed E-state index contributed by atoms with van der Waals surface area (Å²) < 4.78 is 5.68. The minimum Gasteiger partial charge on any atom is -0.438 e. The molecular formula is C16H8ClN3O3. The fourth-order valence-corrected chi connectivity index (χ4v) is 2.38. The molecule has 112 valence electrons. The van der Waals surface area contributed by atoms with Crippen LogP contribution in [0.15, 0.2) is 48.5 Å². The topological polar surface area (TPSA) is 89.0 Å². The maximum atomic E-state index is 10.8. The summed E-state index contributed by atoms with van der Waals surface area (Å²) in [5, 5.41) is 22.0. The lowest BCUT2D eigenvalue weighted by molar-refractivity contribution is -0.385. The zero-order chi connectivity index (χ0) is 16.4. The Morgan fingerprint density at radius 1 is 1.13 bits per heavy atom. The molecule has 0 saturated heterocycles. The maximum absolute atomic E-state index is 10.8. The number of nitro groups is 1. The number of hydrogen-bond donors (Lipinski definition) is 0. The smallest absolute Gasteiger partial charge is 0.305 e. The Bertz CT molecular complexity index is 966. The van der Waals surface area contributed by atoms with Crippen LogP contribution in [0.2, 0.25) is 5.02 Å². The van der Waals surface area contributed by atoms with E-state index in [4.69, 9.17) is 21.6 Å². The van der Waals surface area contributed by atoms with Gasteiger partial charge in [0.1, 0.15) is 11.8 Å². The molecule has 0 aliphatic carbocycles. The zero-order valence-corrected chi connectivity index (χ0v) is 12.3. The summed E-state index contributed by atoms with van der Waals surface area (Å²) in [5.74, 6) is 0.592. The van der Waals surface area contributed by atoms with E-state index in [0.29, 0.717) is 10.8 Å². The van der Waals surface area contributed by atoms with Crippen molar-refractivity contribution in [2.45, 2.75) is 0 Å². The van der Waals surface area contributed by atoms with Gasteiger partial charge in [0.2, 0.25) is 11.6 Å². The molecule has 0 N–H and O–H groups in total. The quantitative estimate of drug-likeness (QED) is 0.524. The highest BCUT2D eigenvalue weighted by Crippen LogP contribution is 2.34. The van der Waals surface area contributed by atoms with Gasteiger partial charge in [0.05, 0.1) is 4.92 Å². The Morgan fingerprint density at radius 2 is 1.87 bits per heavy atom. The van der Waals surface area contributed by atoms with E-state index in [0.717, 1.165) is 10.8 Å². The Morgan fingerprint density at radius 3 is 2.57 bits per heavy atom. The lowest BCUT2D eigenvalue weighted by Gasteiger charge is -2.09. The predicted octanol–water partition coefficient (Wildman–Crippen LogP) is 4.46. The molecule has 0 aliphatic rings. The van der Waals surface area contributed by atoms with Crippen molar-refractivity contribution in [2.75, 3.05) is 0 Å². The van der Waals surface area contributed by atoms with Gasteiger partial charge >= 0.3 is 5.69 Å². The summed E-state index contributed by atoms with van der Waals surface area (Å²) in [5.41, 5.74) is -0.661. The van der Waals surface area contributed by atoms with Crippen LogP contribution in [-0.4, -0.2) is 9.91 Å². The molecule has 3 rings (SSSR count). The van der Waals surface area contributed by atoms with Crippen molar-refractivity contribution in [2.24, 2.45) is 0 Å². The van der Waals surface area contributed by atoms with Gasteiger partial charge in [-0.05, 0) is 12.1 Å². The highest BCUT2D eigenvalue weighted by atomic mass is 35.5. The molecule has 7 heteroatoms. The Labute approximate surface area is 135 Å². The molecule has 0 bridgehead atoms. The van der Waals surface area contributed by atoms with E-state index in [1.807, 2.05) is 24.3 Å². The second kappa shape index (κ2) is 5.91. The average molecular weight is 326 g/mol. The van der Waals surface area contributed by atoms with Crippen molar-refractivity contribution < 1.29 is 9.66 Å². The van der Waals surface area contributed by atoms with Gasteiger partial charge in [-0.15, -0.1) is 0 Å². The van der Waals surface area contributed by atoms with Gasteiger partial charge < -0.3 is 4.74 Å². The van der Waals surface area contributed by atoms with Gasteiger partial charge in [-0.25, -0.2) is 0 Å². The molecule has 0 saturated carbocycles. The molecular weight excluding hydrogens is 318 g/mol. The summed E-state index contributed by atoms with van der Waals surface area (Å²) in [7, 11) is 0. The van der Waals surface area contributed by atoms with Gasteiger partial charge in [-0.1, -0.05) is 35.9 Å². The number of aromatic nitrogens is 1. The number of benzene rings is 2. The number of nitrogens with zero attached hydrogens (tertiary/aromatic N) is 3. The summed E-state index contributed by atoms with van der Waals surface area (Å²) in [6.45, 7) is 0. The lowest BCUT2D eigenvalue weighted by Crippen LogP contribution is -1.97. The third kappa shape index (κ3) is 2.78. The normalized spacial score (nSPS) is 10.3. The van der Waals surface area contributed by atoms with E-state index in [1.54, 1.807) is 18.2 Å². The average Bonchev–Trinajstić information content (AvgIpc) is 2.57. The molecule has 0 aliphatic heterocycles. The monoisotopic (exact) mass is 325 g/mol. The van der Waals surface area contributed by atoms with Crippen LogP contribution in [0.25, 0.3) is 10.8 Å². The van der Waals surface area contributed by atoms with Crippen molar-refractivity contribution in [3.63, 3.8) is 0 Å². The number of rotatable bonds is 3. The van der Waals surface area contributed by atoms with Crippen LogP contribution in [0.5, 0.6) is 11.6 Å². The zero-order valence-electron chi connectivity index (χ0n) is 11.6. The molecule has 6 nitrogen and oxygen atoms in total. The highest BCUT2D eigenvalue weighted by Gasteiger charge is 2.17. The van der Waals surface area contributed by atoms with E-state index in [2.05, 4.69) is 4.98 Å². The van der Waals surface area contributed by atoms with Crippen LogP contribution in [0, 0.1) is 21.4 Å². The molecule has 0 radical (unpaired) electrons. The number of halogens is 1. The standard InChI is InChI=1S/C16H8ClN3O3/c17-12-5-7-15(11-4-2-1-3-10(11)12)23-16-8-6-14(20(21)22)13(9-18)19-16/h1-8H. The minimum atomic E-state index is -0.660. The van der Waals surface area contributed by atoms with E-state index in [9.17, 15) is 10.1 Å². The predicted molar refractivity (Wildman–Crippen MR) is 84.6 cm³/mol. The number of nitriles is 1. The second-order valence-electron chi connectivity index (χ2n) is 4.58. The van der Waals surface area contributed by atoms with Crippen LogP contribution >= 0.6 is 11.6 Å². The first-order valence-electron chi connectivity index (χ1n) is 6.51.